The maximum atomic E-state index is 5.39. The Balaban J connectivity index is 1.60. The molecule has 7 heteroatoms. The SMILES string of the molecule is COc1nccnc1N1CCC2CCN(c3ncccc3Br)C2C1. The molecule has 0 radical (unpaired) electrons. The van der Waals surface area contributed by atoms with E-state index in [1.807, 2.05) is 12.3 Å². The first-order valence-corrected chi connectivity index (χ1v) is 9.04. The highest BCUT2D eigenvalue weighted by molar-refractivity contribution is 9.10. The second-order valence-electron chi connectivity index (χ2n) is 6.24. The van der Waals surface area contributed by atoms with E-state index in [1.54, 1.807) is 19.5 Å². The van der Waals surface area contributed by atoms with Crippen LogP contribution >= 0.6 is 15.9 Å². The Morgan fingerprint density at radius 3 is 2.71 bits per heavy atom. The molecule has 0 saturated carbocycles. The maximum Gasteiger partial charge on any atom is 0.257 e. The van der Waals surface area contributed by atoms with E-state index in [4.69, 9.17) is 4.74 Å². The molecular weight excluding hydrogens is 370 g/mol. The number of nitrogens with zero attached hydrogens (tertiary/aromatic N) is 5. The van der Waals surface area contributed by atoms with Gasteiger partial charge in [0, 0.05) is 38.2 Å². The van der Waals surface area contributed by atoms with Crippen LogP contribution in [-0.2, 0) is 0 Å². The molecule has 4 heterocycles. The van der Waals surface area contributed by atoms with Crippen LogP contribution in [0.3, 0.4) is 0 Å². The van der Waals surface area contributed by atoms with Crippen LogP contribution < -0.4 is 14.5 Å². The minimum atomic E-state index is 0.441. The quantitative estimate of drug-likeness (QED) is 0.804. The molecule has 0 amide bonds. The van der Waals surface area contributed by atoms with Crippen molar-refractivity contribution >= 4 is 27.6 Å². The predicted molar refractivity (Wildman–Crippen MR) is 96.6 cm³/mol. The van der Waals surface area contributed by atoms with Gasteiger partial charge in [-0.1, -0.05) is 0 Å². The highest BCUT2D eigenvalue weighted by Crippen LogP contribution is 2.38. The van der Waals surface area contributed by atoms with Crippen LogP contribution in [0.5, 0.6) is 5.88 Å². The average Bonchev–Trinajstić information content (AvgIpc) is 3.05. The lowest BCUT2D eigenvalue weighted by atomic mass is 9.92. The van der Waals surface area contributed by atoms with E-state index in [0.717, 1.165) is 42.2 Å². The first-order valence-electron chi connectivity index (χ1n) is 8.25. The third kappa shape index (κ3) is 2.70. The molecule has 2 fully saturated rings. The van der Waals surface area contributed by atoms with E-state index < -0.39 is 0 Å². The highest BCUT2D eigenvalue weighted by atomic mass is 79.9. The van der Waals surface area contributed by atoms with Crippen molar-refractivity contribution in [2.24, 2.45) is 5.92 Å². The fourth-order valence-electron chi connectivity index (χ4n) is 3.86. The van der Waals surface area contributed by atoms with Crippen LogP contribution in [0.25, 0.3) is 0 Å². The van der Waals surface area contributed by atoms with Crippen molar-refractivity contribution in [3.8, 4) is 5.88 Å². The Bertz CT molecular complexity index is 728. The first-order chi connectivity index (χ1) is 11.8. The molecule has 0 spiro atoms. The number of methoxy groups -OCH3 is 1. The molecule has 2 aromatic heterocycles. The van der Waals surface area contributed by atoms with Crippen molar-refractivity contribution < 1.29 is 4.74 Å². The summed E-state index contributed by atoms with van der Waals surface area (Å²) in [5, 5.41) is 0. The van der Waals surface area contributed by atoms with Crippen LogP contribution in [-0.4, -0.2) is 47.7 Å². The summed E-state index contributed by atoms with van der Waals surface area (Å²) < 4.78 is 6.45. The van der Waals surface area contributed by atoms with E-state index in [0.29, 0.717) is 17.8 Å². The van der Waals surface area contributed by atoms with Crippen LogP contribution in [0, 0.1) is 5.92 Å². The van der Waals surface area contributed by atoms with Crippen molar-refractivity contribution in [2.75, 3.05) is 36.5 Å². The van der Waals surface area contributed by atoms with Gasteiger partial charge in [-0.15, -0.1) is 0 Å². The van der Waals surface area contributed by atoms with E-state index >= 15 is 0 Å². The number of ether oxygens (including phenoxy) is 1. The molecular formula is C17H20BrN5O. The number of halogens is 1. The van der Waals surface area contributed by atoms with Gasteiger partial charge in [0.1, 0.15) is 5.82 Å². The Hall–Kier alpha value is -1.89. The monoisotopic (exact) mass is 389 g/mol. The maximum absolute atomic E-state index is 5.39. The summed E-state index contributed by atoms with van der Waals surface area (Å²) in [6, 6.07) is 4.46. The topological polar surface area (TPSA) is 54.4 Å². The number of aromatic nitrogens is 3. The number of rotatable bonds is 3. The zero-order chi connectivity index (χ0) is 16.5. The van der Waals surface area contributed by atoms with Gasteiger partial charge in [-0.2, -0.15) is 0 Å². The zero-order valence-electron chi connectivity index (χ0n) is 13.6. The average molecular weight is 390 g/mol. The number of hydrogen-bond acceptors (Lipinski definition) is 6. The fourth-order valence-corrected chi connectivity index (χ4v) is 4.35. The van der Waals surface area contributed by atoms with Gasteiger partial charge in [0.2, 0.25) is 0 Å². The number of piperidine rings is 1. The number of anilines is 2. The molecule has 6 nitrogen and oxygen atoms in total. The number of fused-ring (bicyclic) bond motifs is 1. The smallest absolute Gasteiger partial charge is 0.257 e. The summed E-state index contributed by atoms with van der Waals surface area (Å²) in [5.74, 6) is 3.18. The fraction of sp³-hybridized carbons (Fsp3) is 0.471. The second-order valence-corrected chi connectivity index (χ2v) is 7.10. The largest absolute Gasteiger partial charge is 0.478 e. The lowest BCUT2D eigenvalue weighted by Crippen LogP contribution is -2.49. The molecule has 2 aliphatic rings. The molecule has 0 aliphatic carbocycles. The second kappa shape index (κ2) is 6.55. The van der Waals surface area contributed by atoms with Gasteiger partial charge in [0.05, 0.1) is 17.6 Å². The standard InChI is InChI=1S/C17H20BrN5O/c1-24-17-16(20-7-8-21-17)22-9-4-12-5-10-23(14(12)11-22)15-13(18)3-2-6-19-15/h2-3,6-8,12,14H,4-5,9-11H2,1H3. The van der Waals surface area contributed by atoms with Crippen LogP contribution in [0.4, 0.5) is 11.6 Å². The van der Waals surface area contributed by atoms with E-state index in [1.165, 1.54) is 6.42 Å². The Morgan fingerprint density at radius 1 is 1.08 bits per heavy atom. The summed E-state index contributed by atoms with van der Waals surface area (Å²) in [4.78, 5) is 18.1. The van der Waals surface area contributed by atoms with Crippen molar-refractivity contribution in [2.45, 2.75) is 18.9 Å². The molecule has 0 bridgehead atoms. The summed E-state index contributed by atoms with van der Waals surface area (Å²) in [5.41, 5.74) is 0. The molecule has 126 valence electrons. The van der Waals surface area contributed by atoms with Gasteiger partial charge >= 0.3 is 0 Å². The molecule has 0 aromatic carbocycles. The van der Waals surface area contributed by atoms with Crippen molar-refractivity contribution in [1.82, 2.24) is 15.0 Å². The van der Waals surface area contributed by atoms with Gasteiger partial charge in [-0.3, -0.25) is 0 Å². The minimum absolute atomic E-state index is 0.441. The summed E-state index contributed by atoms with van der Waals surface area (Å²) in [6.07, 6.45) is 7.64. The number of pyridine rings is 1. The molecule has 2 aromatic rings. The van der Waals surface area contributed by atoms with Crippen molar-refractivity contribution in [1.29, 1.82) is 0 Å². The predicted octanol–water partition coefficient (Wildman–Crippen LogP) is 2.75. The van der Waals surface area contributed by atoms with E-state index in [9.17, 15) is 0 Å². The van der Waals surface area contributed by atoms with E-state index in [2.05, 4.69) is 46.7 Å². The third-order valence-corrected chi connectivity index (χ3v) is 5.63. The molecule has 24 heavy (non-hydrogen) atoms. The van der Waals surface area contributed by atoms with Crippen molar-refractivity contribution in [3.05, 3.63) is 35.2 Å². The lowest BCUT2D eigenvalue weighted by Gasteiger charge is -2.39. The first kappa shape index (κ1) is 15.6. The van der Waals surface area contributed by atoms with Gasteiger partial charge in [0.25, 0.3) is 5.88 Å². The molecule has 2 aliphatic heterocycles. The molecule has 2 unspecified atom stereocenters. The van der Waals surface area contributed by atoms with E-state index in [-0.39, 0.29) is 0 Å². The van der Waals surface area contributed by atoms with Gasteiger partial charge in [-0.25, -0.2) is 15.0 Å². The van der Waals surface area contributed by atoms with Gasteiger partial charge in [-0.05, 0) is 46.8 Å². The van der Waals surface area contributed by atoms with Crippen LogP contribution in [0.15, 0.2) is 35.2 Å². The number of hydrogen-bond donors (Lipinski definition) is 0. The van der Waals surface area contributed by atoms with Crippen LogP contribution in [0.2, 0.25) is 0 Å². The minimum Gasteiger partial charge on any atom is -0.478 e. The van der Waals surface area contributed by atoms with Crippen LogP contribution in [0.1, 0.15) is 12.8 Å². The summed E-state index contributed by atoms with van der Waals surface area (Å²) in [6.45, 7) is 2.96. The Morgan fingerprint density at radius 2 is 1.88 bits per heavy atom. The highest BCUT2D eigenvalue weighted by Gasteiger charge is 2.40. The lowest BCUT2D eigenvalue weighted by molar-refractivity contribution is 0.371. The zero-order valence-corrected chi connectivity index (χ0v) is 15.2. The summed E-state index contributed by atoms with van der Waals surface area (Å²) >= 11 is 3.65. The third-order valence-electron chi connectivity index (χ3n) is 5.01. The van der Waals surface area contributed by atoms with Crippen molar-refractivity contribution in [3.63, 3.8) is 0 Å². The molecule has 2 atom stereocenters. The molecule has 0 N–H and O–H groups in total. The summed E-state index contributed by atoms with van der Waals surface area (Å²) in [7, 11) is 1.65. The van der Waals surface area contributed by atoms with Gasteiger partial charge < -0.3 is 14.5 Å². The van der Waals surface area contributed by atoms with Gasteiger partial charge in [0.15, 0.2) is 5.82 Å². The Labute approximate surface area is 150 Å². The Kier molecular flexibility index (Phi) is 4.26. The normalized spacial score (nSPS) is 23.2. The molecule has 4 rings (SSSR count). The molecule has 2 saturated heterocycles.